The molecule has 0 radical (unpaired) electrons. The highest BCUT2D eigenvalue weighted by molar-refractivity contribution is 7.89. The molecule has 0 aliphatic heterocycles. The van der Waals surface area contributed by atoms with Gasteiger partial charge in [0.25, 0.3) is 5.91 Å². The Hall–Kier alpha value is -3.30. The summed E-state index contributed by atoms with van der Waals surface area (Å²) in [6, 6.07) is 10.0. The van der Waals surface area contributed by atoms with Crippen LogP contribution in [0.1, 0.15) is 27.0 Å². The quantitative estimate of drug-likeness (QED) is 0.601. The zero-order valence-electron chi connectivity index (χ0n) is 16.8. The Kier molecular flexibility index (Phi) is 6.43. The predicted octanol–water partition coefficient (Wildman–Crippen LogP) is 2.83. The minimum absolute atomic E-state index is 0.0605. The Morgan fingerprint density at radius 3 is 2.53 bits per heavy atom. The number of carbonyl (C=O) groups excluding carboxylic acids is 1. The normalized spacial score (nSPS) is 11.2. The van der Waals surface area contributed by atoms with Crippen LogP contribution in [0.4, 0.5) is 5.82 Å². The van der Waals surface area contributed by atoms with Gasteiger partial charge in [0.1, 0.15) is 6.61 Å². The highest BCUT2D eigenvalue weighted by Crippen LogP contribution is 2.25. The number of aryl methyl sites for hydroxylation is 1. The van der Waals surface area contributed by atoms with Gasteiger partial charge in [0.2, 0.25) is 10.0 Å². The van der Waals surface area contributed by atoms with Crippen molar-refractivity contribution in [2.24, 2.45) is 0 Å². The zero-order chi connectivity index (χ0) is 21.7. The van der Waals surface area contributed by atoms with Crippen molar-refractivity contribution >= 4 is 21.7 Å². The molecule has 0 atom stereocenters. The second-order valence-corrected chi connectivity index (χ2v) is 8.43. The lowest BCUT2D eigenvalue weighted by Crippen LogP contribution is -2.21. The summed E-state index contributed by atoms with van der Waals surface area (Å²) in [5.41, 5.74) is 2.40. The van der Waals surface area contributed by atoms with Crippen molar-refractivity contribution in [3.05, 3.63) is 77.2 Å². The summed E-state index contributed by atoms with van der Waals surface area (Å²) in [4.78, 5) is 21.0. The van der Waals surface area contributed by atoms with Gasteiger partial charge in [-0.2, -0.15) is 0 Å². The maximum absolute atomic E-state index is 12.8. The van der Waals surface area contributed by atoms with Gasteiger partial charge in [0.05, 0.1) is 4.90 Å². The van der Waals surface area contributed by atoms with E-state index in [-0.39, 0.29) is 22.9 Å². The van der Waals surface area contributed by atoms with Gasteiger partial charge in [0, 0.05) is 24.2 Å². The van der Waals surface area contributed by atoms with E-state index in [4.69, 9.17) is 4.74 Å². The van der Waals surface area contributed by atoms with Gasteiger partial charge >= 0.3 is 0 Å². The van der Waals surface area contributed by atoms with Gasteiger partial charge in [-0.1, -0.05) is 0 Å². The number of aromatic nitrogens is 2. The predicted molar refractivity (Wildman–Crippen MR) is 113 cm³/mol. The van der Waals surface area contributed by atoms with E-state index in [0.29, 0.717) is 16.9 Å². The number of nitrogens with zero attached hydrogens (tertiary/aromatic N) is 2. The molecule has 0 fully saturated rings. The van der Waals surface area contributed by atoms with Gasteiger partial charge in [0.15, 0.2) is 11.6 Å². The van der Waals surface area contributed by atoms with Crippen LogP contribution in [0.3, 0.4) is 0 Å². The Bertz CT molecular complexity index is 1160. The van der Waals surface area contributed by atoms with Gasteiger partial charge in [-0.05, 0) is 74.0 Å². The zero-order valence-corrected chi connectivity index (χ0v) is 17.7. The second kappa shape index (κ2) is 9.02. The van der Waals surface area contributed by atoms with E-state index in [1.165, 1.54) is 19.3 Å². The van der Waals surface area contributed by atoms with Crippen LogP contribution in [0, 0.1) is 13.8 Å². The largest absolute Gasteiger partial charge is 0.485 e. The number of rotatable bonds is 7. The lowest BCUT2D eigenvalue weighted by Gasteiger charge is -2.14. The van der Waals surface area contributed by atoms with Gasteiger partial charge < -0.3 is 10.1 Å². The van der Waals surface area contributed by atoms with Crippen molar-refractivity contribution in [1.82, 2.24) is 14.7 Å². The van der Waals surface area contributed by atoms with E-state index in [0.717, 1.165) is 5.56 Å². The molecule has 30 heavy (non-hydrogen) atoms. The molecular weight excluding hydrogens is 404 g/mol. The molecule has 156 valence electrons. The first-order chi connectivity index (χ1) is 14.3. The lowest BCUT2D eigenvalue weighted by atomic mass is 10.1. The number of nitrogens with one attached hydrogen (secondary N) is 2. The van der Waals surface area contributed by atoms with E-state index in [9.17, 15) is 13.2 Å². The van der Waals surface area contributed by atoms with Gasteiger partial charge in [-0.15, -0.1) is 0 Å². The first-order valence-corrected chi connectivity index (χ1v) is 10.6. The second-order valence-electron chi connectivity index (χ2n) is 6.57. The van der Waals surface area contributed by atoms with E-state index >= 15 is 0 Å². The maximum Gasteiger partial charge on any atom is 0.256 e. The van der Waals surface area contributed by atoms with Crippen LogP contribution < -0.4 is 14.8 Å². The summed E-state index contributed by atoms with van der Waals surface area (Å²) in [7, 11) is -2.37. The molecule has 0 aliphatic rings. The van der Waals surface area contributed by atoms with Crippen molar-refractivity contribution in [1.29, 1.82) is 0 Å². The SMILES string of the molecule is CNS(=O)(=O)c1cc(C(=O)Nc2ncccc2OCc2ccncc2)cc(C)c1C. The molecule has 3 aromatic rings. The molecule has 2 aromatic heterocycles. The summed E-state index contributed by atoms with van der Waals surface area (Å²) < 4.78 is 32.7. The first-order valence-electron chi connectivity index (χ1n) is 9.14. The van der Waals surface area contributed by atoms with E-state index in [1.807, 2.05) is 12.1 Å². The number of anilines is 1. The number of amides is 1. The smallest absolute Gasteiger partial charge is 0.256 e. The Morgan fingerprint density at radius 1 is 1.10 bits per heavy atom. The summed E-state index contributed by atoms with van der Waals surface area (Å²) in [6.07, 6.45) is 4.87. The molecule has 8 nitrogen and oxygen atoms in total. The first kappa shape index (κ1) is 21.4. The van der Waals surface area contributed by atoms with E-state index in [1.54, 1.807) is 44.4 Å². The molecule has 1 aromatic carbocycles. The van der Waals surface area contributed by atoms with Crippen LogP contribution in [-0.2, 0) is 16.6 Å². The molecule has 0 unspecified atom stereocenters. The molecule has 3 rings (SSSR count). The molecule has 0 saturated heterocycles. The summed E-state index contributed by atoms with van der Waals surface area (Å²) in [5.74, 6) is 0.153. The fourth-order valence-corrected chi connectivity index (χ4v) is 3.83. The average Bonchev–Trinajstić information content (AvgIpc) is 2.75. The third kappa shape index (κ3) is 4.81. The van der Waals surface area contributed by atoms with Crippen LogP contribution in [0.2, 0.25) is 0 Å². The monoisotopic (exact) mass is 426 g/mol. The van der Waals surface area contributed by atoms with Crippen LogP contribution in [0.25, 0.3) is 0 Å². The van der Waals surface area contributed by atoms with Crippen molar-refractivity contribution in [3.63, 3.8) is 0 Å². The summed E-state index contributed by atoms with van der Waals surface area (Å²) in [5, 5.41) is 2.70. The van der Waals surface area contributed by atoms with Crippen molar-refractivity contribution in [2.45, 2.75) is 25.3 Å². The average molecular weight is 426 g/mol. The third-order valence-electron chi connectivity index (χ3n) is 4.59. The number of hydrogen-bond acceptors (Lipinski definition) is 6. The van der Waals surface area contributed by atoms with Crippen molar-refractivity contribution in [2.75, 3.05) is 12.4 Å². The topological polar surface area (TPSA) is 110 Å². The maximum atomic E-state index is 12.8. The number of hydrogen-bond donors (Lipinski definition) is 2. The Labute approximate surface area is 175 Å². The van der Waals surface area contributed by atoms with Gasteiger partial charge in [-0.25, -0.2) is 18.1 Å². The molecule has 0 spiro atoms. The molecule has 1 amide bonds. The number of ether oxygens (including phenoxy) is 1. The fraction of sp³-hybridized carbons (Fsp3) is 0.190. The number of pyridine rings is 2. The van der Waals surface area contributed by atoms with Crippen molar-refractivity contribution < 1.29 is 17.9 Å². The lowest BCUT2D eigenvalue weighted by molar-refractivity contribution is 0.102. The minimum Gasteiger partial charge on any atom is -0.485 e. The van der Waals surface area contributed by atoms with Crippen LogP contribution in [0.15, 0.2) is 59.9 Å². The number of benzene rings is 1. The standard InChI is InChI=1S/C21H22N4O4S/c1-14-11-17(12-19(15(14)2)30(27,28)22-3)21(26)25-20-18(5-4-8-24-20)29-13-16-6-9-23-10-7-16/h4-12,22H,13H2,1-3H3,(H,24,25,26). The molecular formula is C21H22N4O4S. The Balaban J connectivity index is 1.85. The highest BCUT2D eigenvalue weighted by atomic mass is 32.2. The van der Waals surface area contributed by atoms with E-state index in [2.05, 4.69) is 20.0 Å². The molecule has 0 aliphatic carbocycles. The number of carbonyl (C=O) groups is 1. The molecule has 0 bridgehead atoms. The Morgan fingerprint density at radius 2 is 1.83 bits per heavy atom. The molecule has 0 saturated carbocycles. The molecule has 2 N–H and O–H groups in total. The number of sulfonamides is 1. The van der Waals surface area contributed by atoms with Crippen molar-refractivity contribution in [3.8, 4) is 5.75 Å². The summed E-state index contributed by atoms with van der Waals surface area (Å²) in [6.45, 7) is 3.74. The molecule has 2 heterocycles. The minimum atomic E-state index is -3.70. The molecule has 9 heteroatoms. The third-order valence-corrected chi connectivity index (χ3v) is 6.13. The van der Waals surface area contributed by atoms with Crippen LogP contribution in [0.5, 0.6) is 5.75 Å². The highest BCUT2D eigenvalue weighted by Gasteiger charge is 2.20. The van der Waals surface area contributed by atoms with E-state index < -0.39 is 15.9 Å². The fourth-order valence-electron chi connectivity index (χ4n) is 2.77. The van der Waals surface area contributed by atoms with Gasteiger partial charge in [-0.3, -0.25) is 9.78 Å². The summed E-state index contributed by atoms with van der Waals surface area (Å²) >= 11 is 0. The van der Waals surface area contributed by atoms with Crippen LogP contribution >= 0.6 is 0 Å². The van der Waals surface area contributed by atoms with Crippen LogP contribution in [-0.4, -0.2) is 31.3 Å².